The molecule has 0 bridgehead atoms. The van der Waals surface area contributed by atoms with E-state index in [4.69, 9.17) is 16.6 Å². The van der Waals surface area contributed by atoms with Crippen molar-refractivity contribution in [2.75, 3.05) is 4.90 Å². The Morgan fingerprint density at radius 3 is 2.46 bits per heavy atom. The van der Waals surface area contributed by atoms with E-state index in [2.05, 4.69) is 0 Å². The van der Waals surface area contributed by atoms with Crippen LogP contribution in [0.2, 0.25) is 0 Å². The molecule has 1 aromatic heterocycles. The van der Waals surface area contributed by atoms with Crippen LogP contribution in [0, 0.1) is 0 Å². The Labute approximate surface area is 159 Å². The summed E-state index contributed by atoms with van der Waals surface area (Å²) in [6.45, 7) is 0. The standard InChI is InChI=1S/C20H13NO3S2/c22-15-8-6-14(7-9-15)21-19(23)18(26-20(21)25)12-16-10-11-17(24-16)13-4-2-1-3-5-13/h1-12,22H/b18-12-. The lowest BCUT2D eigenvalue weighted by atomic mass is 10.2. The van der Waals surface area contributed by atoms with E-state index >= 15 is 0 Å². The maximum atomic E-state index is 12.7. The molecule has 0 unspecified atom stereocenters. The summed E-state index contributed by atoms with van der Waals surface area (Å²) < 4.78 is 6.28. The lowest BCUT2D eigenvalue weighted by molar-refractivity contribution is -0.113. The third kappa shape index (κ3) is 3.16. The number of thiocarbonyl (C=S) groups is 1. The Kier molecular flexibility index (Phi) is 4.36. The van der Waals surface area contributed by atoms with Crippen LogP contribution in [0.1, 0.15) is 5.76 Å². The van der Waals surface area contributed by atoms with Crippen molar-refractivity contribution in [1.29, 1.82) is 0 Å². The van der Waals surface area contributed by atoms with Gasteiger partial charge in [0.1, 0.15) is 17.3 Å². The molecule has 1 fully saturated rings. The van der Waals surface area contributed by atoms with Crippen molar-refractivity contribution in [3.8, 4) is 17.1 Å². The third-order valence-corrected chi connectivity index (χ3v) is 5.16. The van der Waals surface area contributed by atoms with E-state index in [1.165, 1.54) is 28.8 Å². The Balaban J connectivity index is 1.61. The number of hydrogen-bond acceptors (Lipinski definition) is 5. The molecule has 1 aliphatic heterocycles. The second-order valence-electron chi connectivity index (χ2n) is 5.60. The smallest absolute Gasteiger partial charge is 0.270 e. The van der Waals surface area contributed by atoms with Gasteiger partial charge in [0, 0.05) is 11.6 Å². The predicted octanol–water partition coefficient (Wildman–Crippen LogP) is 5.06. The molecule has 4 nitrogen and oxygen atoms in total. The summed E-state index contributed by atoms with van der Waals surface area (Å²) in [4.78, 5) is 14.7. The van der Waals surface area contributed by atoms with Gasteiger partial charge in [0.2, 0.25) is 0 Å². The average molecular weight is 379 g/mol. The molecule has 4 rings (SSSR count). The molecule has 2 aromatic carbocycles. The molecule has 1 amide bonds. The molecular weight excluding hydrogens is 366 g/mol. The van der Waals surface area contributed by atoms with Crippen molar-refractivity contribution >= 4 is 46.0 Å². The summed E-state index contributed by atoms with van der Waals surface area (Å²) in [5.74, 6) is 1.27. The van der Waals surface area contributed by atoms with Gasteiger partial charge in [0.05, 0.1) is 10.6 Å². The first-order valence-corrected chi connectivity index (χ1v) is 9.06. The molecule has 3 aromatic rings. The minimum atomic E-state index is -0.205. The number of furan rings is 1. The van der Waals surface area contributed by atoms with Crippen molar-refractivity contribution in [2.45, 2.75) is 0 Å². The zero-order valence-corrected chi connectivity index (χ0v) is 15.1. The van der Waals surface area contributed by atoms with Gasteiger partial charge in [-0.3, -0.25) is 9.69 Å². The van der Waals surface area contributed by atoms with E-state index in [1.54, 1.807) is 18.2 Å². The molecule has 0 saturated carbocycles. The molecule has 1 saturated heterocycles. The second kappa shape index (κ2) is 6.82. The van der Waals surface area contributed by atoms with E-state index in [0.717, 1.165) is 11.3 Å². The van der Waals surface area contributed by atoms with Gasteiger partial charge in [0.25, 0.3) is 5.91 Å². The number of thioether (sulfide) groups is 1. The van der Waals surface area contributed by atoms with Crippen LogP contribution in [-0.4, -0.2) is 15.3 Å². The third-order valence-electron chi connectivity index (χ3n) is 3.86. The number of carbonyl (C=O) groups excluding carboxylic acids is 1. The number of benzene rings is 2. The SMILES string of the molecule is O=C1/C(=C/c2ccc(-c3ccccc3)o2)SC(=S)N1c1ccc(O)cc1. The Morgan fingerprint density at radius 1 is 1.00 bits per heavy atom. The lowest BCUT2D eigenvalue weighted by Gasteiger charge is -2.14. The van der Waals surface area contributed by atoms with E-state index in [0.29, 0.717) is 20.7 Å². The highest BCUT2D eigenvalue weighted by Gasteiger charge is 2.33. The van der Waals surface area contributed by atoms with Crippen molar-refractivity contribution in [2.24, 2.45) is 0 Å². The van der Waals surface area contributed by atoms with Gasteiger partial charge in [0.15, 0.2) is 4.32 Å². The van der Waals surface area contributed by atoms with Gasteiger partial charge in [-0.25, -0.2) is 0 Å². The van der Waals surface area contributed by atoms with Gasteiger partial charge < -0.3 is 9.52 Å². The number of hydrogen-bond donors (Lipinski definition) is 1. The number of anilines is 1. The monoisotopic (exact) mass is 379 g/mol. The largest absolute Gasteiger partial charge is 0.508 e. The molecule has 1 N–H and O–H groups in total. The van der Waals surface area contributed by atoms with Gasteiger partial charge in [-0.05, 0) is 36.4 Å². The fourth-order valence-corrected chi connectivity index (χ4v) is 3.89. The summed E-state index contributed by atoms with van der Waals surface area (Å²) in [5, 5.41) is 9.41. The van der Waals surface area contributed by atoms with Gasteiger partial charge in [-0.15, -0.1) is 0 Å². The first kappa shape index (κ1) is 16.6. The molecule has 0 radical (unpaired) electrons. The number of phenolic OH excluding ortho intramolecular Hbond substituents is 1. The first-order valence-electron chi connectivity index (χ1n) is 7.84. The average Bonchev–Trinajstić information content (AvgIpc) is 3.22. The molecule has 2 heterocycles. The van der Waals surface area contributed by atoms with Crippen LogP contribution >= 0.6 is 24.0 Å². The quantitative estimate of drug-likeness (QED) is 0.509. The highest BCUT2D eigenvalue weighted by Crippen LogP contribution is 2.37. The minimum absolute atomic E-state index is 0.138. The van der Waals surface area contributed by atoms with E-state index in [-0.39, 0.29) is 11.7 Å². The van der Waals surface area contributed by atoms with Crippen LogP contribution < -0.4 is 4.90 Å². The Bertz CT molecular complexity index is 1010. The van der Waals surface area contributed by atoms with Gasteiger partial charge in [-0.2, -0.15) is 0 Å². The lowest BCUT2D eigenvalue weighted by Crippen LogP contribution is -2.27. The number of rotatable bonds is 3. The molecule has 0 aliphatic carbocycles. The van der Waals surface area contributed by atoms with Crippen LogP contribution in [0.4, 0.5) is 5.69 Å². The van der Waals surface area contributed by atoms with Crippen molar-refractivity contribution in [3.63, 3.8) is 0 Å². The number of carbonyl (C=O) groups is 1. The highest BCUT2D eigenvalue weighted by molar-refractivity contribution is 8.27. The topological polar surface area (TPSA) is 53.7 Å². The minimum Gasteiger partial charge on any atom is -0.508 e. The van der Waals surface area contributed by atoms with E-state index < -0.39 is 0 Å². The zero-order chi connectivity index (χ0) is 18.1. The zero-order valence-electron chi connectivity index (χ0n) is 13.5. The van der Waals surface area contributed by atoms with E-state index in [9.17, 15) is 9.90 Å². The predicted molar refractivity (Wildman–Crippen MR) is 108 cm³/mol. The Hall–Kier alpha value is -2.83. The number of phenols is 1. The summed E-state index contributed by atoms with van der Waals surface area (Å²) in [7, 11) is 0. The normalized spacial score (nSPS) is 15.8. The van der Waals surface area contributed by atoms with Crippen molar-refractivity contribution < 1.29 is 14.3 Å². The molecule has 128 valence electrons. The molecule has 1 aliphatic rings. The van der Waals surface area contributed by atoms with Crippen LogP contribution in [0.3, 0.4) is 0 Å². The van der Waals surface area contributed by atoms with Crippen molar-refractivity contribution in [3.05, 3.63) is 77.4 Å². The summed E-state index contributed by atoms with van der Waals surface area (Å²) in [6.07, 6.45) is 1.70. The molecule has 26 heavy (non-hydrogen) atoms. The molecular formula is C20H13NO3S2. The first-order chi connectivity index (χ1) is 12.6. The maximum Gasteiger partial charge on any atom is 0.270 e. The summed E-state index contributed by atoms with van der Waals surface area (Å²) >= 11 is 6.57. The number of nitrogens with zero attached hydrogens (tertiary/aromatic N) is 1. The van der Waals surface area contributed by atoms with Crippen LogP contribution in [0.25, 0.3) is 17.4 Å². The second-order valence-corrected chi connectivity index (χ2v) is 7.28. The summed E-state index contributed by atoms with van der Waals surface area (Å²) in [6, 6.07) is 19.8. The van der Waals surface area contributed by atoms with Gasteiger partial charge in [-0.1, -0.05) is 54.3 Å². The fourth-order valence-electron chi connectivity index (χ4n) is 2.61. The summed E-state index contributed by atoms with van der Waals surface area (Å²) in [5.41, 5.74) is 1.60. The maximum absolute atomic E-state index is 12.7. The number of aromatic hydroxyl groups is 1. The fraction of sp³-hybridized carbons (Fsp3) is 0. The molecule has 0 spiro atoms. The molecule has 0 atom stereocenters. The highest BCUT2D eigenvalue weighted by atomic mass is 32.2. The van der Waals surface area contributed by atoms with Crippen LogP contribution in [0.15, 0.2) is 76.1 Å². The molecule has 6 heteroatoms. The van der Waals surface area contributed by atoms with Crippen molar-refractivity contribution in [1.82, 2.24) is 0 Å². The number of amides is 1. The van der Waals surface area contributed by atoms with Crippen LogP contribution in [0.5, 0.6) is 5.75 Å². The van der Waals surface area contributed by atoms with Gasteiger partial charge >= 0.3 is 0 Å². The van der Waals surface area contributed by atoms with E-state index in [1.807, 2.05) is 42.5 Å². The Morgan fingerprint density at radius 2 is 1.73 bits per heavy atom. The van der Waals surface area contributed by atoms with Crippen LogP contribution in [-0.2, 0) is 4.79 Å².